The third-order valence-electron chi connectivity index (χ3n) is 3.67. The van der Waals surface area contributed by atoms with Crippen molar-refractivity contribution < 1.29 is 27.5 Å². The number of carbonyl (C=O) groups is 2. The summed E-state index contributed by atoms with van der Waals surface area (Å²) in [6, 6.07) is 12.7. The molecule has 0 unspecified atom stereocenters. The smallest absolute Gasteiger partial charge is 0.471 e. The van der Waals surface area contributed by atoms with Crippen LogP contribution >= 0.6 is 0 Å². The Morgan fingerprint density at radius 2 is 1.79 bits per heavy atom. The number of hydrogen-bond acceptors (Lipinski definition) is 4. The van der Waals surface area contributed by atoms with Gasteiger partial charge in [0.15, 0.2) is 0 Å². The van der Waals surface area contributed by atoms with Gasteiger partial charge in [0.25, 0.3) is 0 Å². The molecule has 0 aliphatic heterocycles. The van der Waals surface area contributed by atoms with Gasteiger partial charge in [-0.3, -0.25) is 9.59 Å². The molecule has 2 amide bonds. The van der Waals surface area contributed by atoms with Crippen LogP contribution in [0.3, 0.4) is 0 Å². The van der Waals surface area contributed by atoms with E-state index in [-0.39, 0.29) is 18.0 Å². The average molecular weight is 393 g/mol. The van der Waals surface area contributed by atoms with E-state index in [2.05, 4.69) is 10.5 Å². The lowest BCUT2D eigenvalue weighted by Gasteiger charge is -2.09. The monoisotopic (exact) mass is 393 g/mol. The van der Waals surface area contributed by atoms with Crippen LogP contribution in [-0.2, 0) is 16.0 Å². The maximum atomic E-state index is 12.3. The van der Waals surface area contributed by atoms with E-state index in [4.69, 9.17) is 4.74 Å². The van der Waals surface area contributed by atoms with E-state index >= 15 is 0 Å². The third kappa shape index (κ3) is 6.11. The molecule has 28 heavy (non-hydrogen) atoms. The summed E-state index contributed by atoms with van der Waals surface area (Å²) in [6.07, 6.45) is -4.88. The van der Waals surface area contributed by atoms with Crippen LogP contribution in [-0.4, -0.2) is 30.8 Å². The first kappa shape index (κ1) is 20.9. The molecule has 148 valence electrons. The van der Waals surface area contributed by atoms with Crippen LogP contribution < -0.4 is 15.5 Å². The number of alkyl halides is 3. The molecule has 0 fully saturated rings. The number of anilines is 1. The van der Waals surface area contributed by atoms with Crippen LogP contribution in [0.4, 0.5) is 18.9 Å². The average Bonchev–Trinajstić information content (AvgIpc) is 2.66. The molecule has 2 N–H and O–H groups in total. The Morgan fingerprint density at radius 1 is 1.11 bits per heavy atom. The summed E-state index contributed by atoms with van der Waals surface area (Å²) in [5.74, 6) is -1.74. The molecule has 0 aliphatic carbocycles. The van der Waals surface area contributed by atoms with Crippen molar-refractivity contribution in [1.29, 1.82) is 0 Å². The number of methoxy groups -OCH3 is 1. The zero-order chi connectivity index (χ0) is 20.7. The SMILES string of the molecule is COc1ccc(CC(=O)N/N=C(\C)c2cccc(NC(=O)C(F)(F)F)c2)cc1. The van der Waals surface area contributed by atoms with Crippen LogP contribution in [0.1, 0.15) is 18.1 Å². The highest BCUT2D eigenvalue weighted by Crippen LogP contribution is 2.19. The van der Waals surface area contributed by atoms with Crippen LogP contribution in [0, 0.1) is 0 Å². The summed E-state index contributed by atoms with van der Waals surface area (Å²) >= 11 is 0. The number of carbonyl (C=O) groups excluding carboxylic acids is 2. The van der Waals surface area contributed by atoms with Gasteiger partial charge in [0.05, 0.1) is 19.2 Å². The number of hydrogen-bond donors (Lipinski definition) is 2. The second-order valence-electron chi connectivity index (χ2n) is 5.79. The minimum atomic E-state index is -4.98. The van der Waals surface area contributed by atoms with Crippen LogP contribution in [0.25, 0.3) is 0 Å². The molecular formula is C19H18F3N3O3. The predicted octanol–water partition coefficient (Wildman–Crippen LogP) is 3.28. The Bertz CT molecular complexity index is 878. The molecule has 0 aromatic heterocycles. The fourth-order valence-electron chi connectivity index (χ4n) is 2.20. The van der Waals surface area contributed by atoms with Gasteiger partial charge in [0.2, 0.25) is 5.91 Å². The number of rotatable bonds is 6. The molecule has 2 rings (SSSR count). The van der Waals surface area contributed by atoms with Gasteiger partial charge in [-0.05, 0) is 42.3 Å². The first-order valence-corrected chi connectivity index (χ1v) is 8.13. The largest absolute Gasteiger partial charge is 0.497 e. The first-order chi connectivity index (χ1) is 13.2. The van der Waals surface area contributed by atoms with Crippen molar-refractivity contribution in [2.24, 2.45) is 5.10 Å². The Kier molecular flexibility index (Phi) is 6.75. The topological polar surface area (TPSA) is 79.8 Å². The molecule has 2 aromatic carbocycles. The van der Waals surface area contributed by atoms with Gasteiger partial charge in [-0.15, -0.1) is 0 Å². The standard InChI is InChI=1S/C19H18F3N3O3/c1-12(14-4-3-5-15(11-14)23-18(27)19(20,21)22)24-25-17(26)10-13-6-8-16(28-2)9-7-13/h3-9,11H,10H2,1-2H3,(H,23,27)(H,25,26)/b24-12+. The van der Waals surface area contributed by atoms with Crippen molar-refractivity contribution in [3.05, 3.63) is 59.7 Å². The van der Waals surface area contributed by atoms with E-state index < -0.39 is 12.1 Å². The van der Waals surface area contributed by atoms with Crippen LogP contribution in [0.2, 0.25) is 0 Å². The number of nitrogens with one attached hydrogen (secondary N) is 2. The molecule has 0 radical (unpaired) electrons. The first-order valence-electron chi connectivity index (χ1n) is 8.13. The Labute approximate surface area is 159 Å². The van der Waals surface area contributed by atoms with Gasteiger partial charge in [-0.25, -0.2) is 5.43 Å². The third-order valence-corrected chi connectivity index (χ3v) is 3.67. The number of halogens is 3. The van der Waals surface area contributed by atoms with Gasteiger partial charge in [-0.2, -0.15) is 18.3 Å². The van der Waals surface area contributed by atoms with Gasteiger partial charge in [0.1, 0.15) is 5.75 Å². The van der Waals surface area contributed by atoms with E-state index in [0.29, 0.717) is 17.0 Å². The number of benzene rings is 2. The van der Waals surface area contributed by atoms with Crippen molar-refractivity contribution in [2.45, 2.75) is 19.5 Å². The van der Waals surface area contributed by atoms with E-state index in [1.807, 2.05) is 0 Å². The second kappa shape index (κ2) is 9.03. The summed E-state index contributed by atoms with van der Waals surface area (Å²) in [6.45, 7) is 1.58. The molecule has 0 saturated heterocycles. The highest BCUT2D eigenvalue weighted by molar-refractivity contribution is 6.01. The Balaban J connectivity index is 1.99. The fraction of sp³-hybridized carbons (Fsp3) is 0.211. The Morgan fingerprint density at radius 3 is 2.39 bits per heavy atom. The van der Waals surface area contributed by atoms with Gasteiger partial charge in [0, 0.05) is 5.69 Å². The molecule has 0 saturated carbocycles. The molecule has 0 heterocycles. The lowest BCUT2D eigenvalue weighted by atomic mass is 10.1. The minimum Gasteiger partial charge on any atom is -0.497 e. The summed E-state index contributed by atoms with van der Waals surface area (Å²) in [4.78, 5) is 23.0. The highest BCUT2D eigenvalue weighted by Gasteiger charge is 2.38. The molecule has 0 spiro atoms. The maximum absolute atomic E-state index is 12.3. The summed E-state index contributed by atoms with van der Waals surface area (Å²) in [7, 11) is 1.54. The fourth-order valence-corrected chi connectivity index (χ4v) is 2.20. The molecule has 0 atom stereocenters. The number of hydrazone groups is 1. The lowest BCUT2D eigenvalue weighted by Crippen LogP contribution is -2.30. The van der Waals surface area contributed by atoms with Gasteiger partial charge in [-0.1, -0.05) is 24.3 Å². The summed E-state index contributed by atoms with van der Waals surface area (Å²) in [5.41, 5.74) is 3.95. The number of nitrogens with zero attached hydrogens (tertiary/aromatic N) is 1. The maximum Gasteiger partial charge on any atom is 0.471 e. The summed E-state index contributed by atoms with van der Waals surface area (Å²) < 4.78 is 42.0. The van der Waals surface area contributed by atoms with Gasteiger partial charge >= 0.3 is 12.1 Å². The molecule has 9 heteroatoms. The van der Waals surface area contributed by atoms with Crippen LogP contribution in [0.5, 0.6) is 5.75 Å². The normalized spacial score (nSPS) is 11.7. The van der Waals surface area contributed by atoms with Crippen molar-refractivity contribution in [3.8, 4) is 5.75 Å². The molecule has 6 nitrogen and oxygen atoms in total. The predicted molar refractivity (Wildman–Crippen MR) is 98.2 cm³/mol. The summed E-state index contributed by atoms with van der Waals surface area (Å²) in [5, 5.41) is 5.72. The van der Waals surface area contributed by atoms with Crippen molar-refractivity contribution in [1.82, 2.24) is 5.43 Å². The molecular weight excluding hydrogens is 375 g/mol. The van der Waals surface area contributed by atoms with Gasteiger partial charge < -0.3 is 10.1 Å². The van der Waals surface area contributed by atoms with Crippen molar-refractivity contribution in [3.63, 3.8) is 0 Å². The van der Waals surface area contributed by atoms with E-state index in [1.54, 1.807) is 49.7 Å². The second-order valence-corrected chi connectivity index (χ2v) is 5.79. The minimum absolute atomic E-state index is 0.0288. The van der Waals surface area contributed by atoms with E-state index in [0.717, 1.165) is 5.56 Å². The van der Waals surface area contributed by atoms with Crippen molar-refractivity contribution >= 4 is 23.2 Å². The van der Waals surface area contributed by atoms with E-state index in [1.165, 1.54) is 18.2 Å². The molecule has 2 aromatic rings. The number of amides is 2. The van der Waals surface area contributed by atoms with Crippen LogP contribution in [0.15, 0.2) is 53.6 Å². The quantitative estimate of drug-likeness (QED) is 0.584. The number of ether oxygens (including phenoxy) is 1. The van der Waals surface area contributed by atoms with E-state index in [9.17, 15) is 22.8 Å². The van der Waals surface area contributed by atoms with Crippen molar-refractivity contribution in [2.75, 3.05) is 12.4 Å². The lowest BCUT2D eigenvalue weighted by molar-refractivity contribution is -0.167. The zero-order valence-corrected chi connectivity index (χ0v) is 15.1. The molecule has 0 aliphatic rings. The molecule has 0 bridgehead atoms. The zero-order valence-electron chi connectivity index (χ0n) is 15.1. The Hall–Kier alpha value is -3.36. The highest BCUT2D eigenvalue weighted by atomic mass is 19.4.